The number of ether oxygens (including phenoxy) is 2. The number of esters is 1. The monoisotopic (exact) mass is 665 g/mol. The van der Waals surface area contributed by atoms with Crippen molar-refractivity contribution in [1.29, 1.82) is 0 Å². The van der Waals surface area contributed by atoms with E-state index >= 15 is 8.78 Å². The van der Waals surface area contributed by atoms with Crippen LogP contribution in [0.2, 0.25) is 0 Å². The normalized spacial score (nSPS) is 40.3. The lowest BCUT2D eigenvalue weighted by atomic mass is 9.50. The number of carbonyl (C=O) groups is 1. The van der Waals surface area contributed by atoms with Gasteiger partial charge in [0.25, 0.3) is 6.29 Å². The van der Waals surface area contributed by atoms with E-state index in [1.807, 2.05) is 13.0 Å². The predicted octanol–water partition coefficient (Wildman–Crippen LogP) is 5.66. The molecule has 8 nitrogen and oxygen atoms in total. The van der Waals surface area contributed by atoms with Crippen LogP contribution in [0, 0.1) is 29.6 Å². The zero-order valence-corrected chi connectivity index (χ0v) is 27.7. The van der Waals surface area contributed by atoms with E-state index < -0.39 is 53.6 Å². The number of halogens is 2. The second-order valence-electron chi connectivity index (χ2n) is 15.0. The maximum atomic E-state index is 15.4. The topological polar surface area (TPSA) is 118 Å². The number of oxime groups is 1. The van der Waals surface area contributed by atoms with Gasteiger partial charge in [0.1, 0.15) is 17.8 Å². The van der Waals surface area contributed by atoms with Gasteiger partial charge >= 0.3 is 11.9 Å². The number of carbonyl (C=O) groups excluding carboxylic acids is 1. The standard InChI is InChI=1S/C38H45F2NO7/c1-5-38(39,40)37(45)17-16-30-28-14-12-25-18-26(41-48-35-34(47-21(3)42)33(44)32(43)20(2)46-35)13-15-27(25)31(28)29(19-36(30,37)4)24-10-8-23(9-11-24)22-6-7-22/h1,8-11,18,20,22,28-30,32-35,43-45H,6-7,12-17,19H2,2-4H3/b41-26+/t20-,28-,29+,30-,32+,33+,34-,35?,36-,37-/m0/s1. The van der Waals surface area contributed by atoms with E-state index in [4.69, 9.17) is 20.7 Å². The van der Waals surface area contributed by atoms with Crippen molar-refractivity contribution in [2.45, 2.75) is 133 Å². The van der Waals surface area contributed by atoms with Gasteiger partial charge in [0.05, 0.1) is 11.8 Å². The lowest BCUT2D eigenvalue weighted by Gasteiger charge is -2.55. The second kappa shape index (κ2) is 12.0. The molecule has 10 atom stereocenters. The third kappa shape index (κ3) is 5.33. The van der Waals surface area contributed by atoms with Gasteiger partial charge < -0.3 is 29.6 Å². The molecule has 0 aromatic heterocycles. The zero-order chi connectivity index (χ0) is 34.2. The third-order valence-electron chi connectivity index (χ3n) is 12.4. The summed E-state index contributed by atoms with van der Waals surface area (Å²) in [6.07, 6.45) is 7.41. The molecule has 0 spiro atoms. The molecule has 1 unspecified atom stereocenters. The van der Waals surface area contributed by atoms with Crippen LogP contribution in [0.15, 0.2) is 52.2 Å². The highest BCUT2D eigenvalue weighted by Crippen LogP contribution is 2.69. The molecule has 1 saturated heterocycles. The third-order valence-corrected chi connectivity index (χ3v) is 12.4. The molecule has 6 aliphatic rings. The van der Waals surface area contributed by atoms with Crippen molar-refractivity contribution in [3.05, 3.63) is 58.2 Å². The Kier molecular flexibility index (Phi) is 8.38. The molecule has 1 aromatic carbocycles. The molecular formula is C38H45F2NO7. The van der Waals surface area contributed by atoms with Gasteiger partial charge in [-0.2, -0.15) is 8.78 Å². The van der Waals surface area contributed by atoms with E-state index in [0.717, 1.165) is 24.0 Å². The van der Waals surface area contributed by atoms with E-state index in [-0.39, 0.29) is 24.2 Å². The van der Waals surface area contributed by atoms with Crippen LogP contribution in [0.4, 0.5) is 8.78 Å². The molecule has 258 valence electrons. The highest BCUT2D eigenvalue weighted by Gasteiger charge is 2.71. The molecule has 5 aliphatic carbocycles. The van der Waals surface area contributed by atoms with E-state index in [0.29, 0.717) is 37.3 Å². The summed E-state index contributed by atoms with van der Waals surface area (Å²) >= 11 is 0. The van der Waals surface area contributed by atoms with E-state index in [9.17, 15) is 20.1 Å². The van der Waals surface area contributed by atoms with Crippen LogP contribution in [0.1, 0.15) is 102 Å². The lowest BCUT2D eigenvalue weighted by Crippen LogP contribution is -2.60. The van der Waals surface area contributed by atoms with Crippen LogP contribution in [0.3, 0.4) is 0 Å². The number of hydrogen-bond acceptors (Lipinski definition) is 8. The molecule has 0 radical (unpaired) electrons. The van der Waals surface area contributed by atoms with Crippen molar-refractivity contribution < 1.29 is 43.2 Å². The quantitative estimate of drug-likeness (QED) is 0.204. The molecular weight excluding hydrogens is 620 g/mol. The van der Waals surface area contributed by atoms with Crippen molar-refractivity contribution in [3.63, 3.8) is 0 Å². The number of nitrogens with zero attached hydrogens (tertiary/aromatic N) is 1. The van der Waals surface area contributed by atoms with Crippen LogP contribution >= 0.6 is 0 Å². The van der Waals surface area contributed by atoms with Gasteiger partial charge in [-0.25, -0.2) is 0 Å². The van der Waals surface area contributed by atoms with E-state index in [1.54, 1.807) is 12.8 Å². The van der Waals surface area contributed by atoms with E-state index in [1.165, 1.54) is 36.5 Å². The molecule has 4 fully saturated rings. The first-order valence-electron chi connectivity index (χ1n) is 17.3. The number of aliphatic hydroxyl groups excluding tert-OH is 2. The number of terminal acetylenes is 1. The fraction of sp³-hybridized carbons (Fsp3) is 0.632. The highest BCUT2D eigenvalue weighted by atomic mass is 19.3. The Bertz CT molecular complexity index is 1590. The number of alkyl halides is 2. The molecule has 3 saturated carbocycles. The molecule has 0 bridgehead atoms. The van der Waals surface area contributed by atoms with Gasteiger partial charge in [-0.15, -0.1) is 6.42 Å². The smallest absolute Gasteiger partial charge is 0.336 e. The summed E-state index contributed by atoms with van der Waals surface area (Å²) in [4.78, 5) is 17.4. The zero-order valence-electron chi connectivity index (χ0n) is 27.7. The maximum Gasteiger partial charge on any atom is 0.336 e. The molecule has 0 amide bonds. The average Bonchev–Trinajstić information content (AvgIpc) is 3.88. The van der Waals surface area contributed by atoms with Gasteiger partial charge in [0.2, 0.25) is 0 Å². The van der Waals surface area contributed by atoms with Gasteiger partial charge in [-0.3, -0.25) is 4.79 Å². The number of aliphatic hydroxyl groups is 3. The van der Waals surface area contributed by atoms with Crippen LogP contribution in [-0.4, -0.2) is 69.2 Å². The minimum Gasteiger partial charge on any atom is -0.453 e. The molecule has 3 N–H and O–H groups in total. The number of rotatable bonds is 6. The Morgan fingerprint density at radius 2 is 1.79 bits per heavy atom. The first-order valence-corrected chi connectivity index (χ1v) is 17.3. The molecule has 1 aromatic rings. The second-order valence-corrected chi connectivity index (χ2v) is 15.0. The van der Waals surface area contributed by atoms with Gasteiger partial charge in [-0.05, 0) is 117 Å². The summed E-state index contributed by atoms with van der Waals surface area (Å²) in [5, 5.41) is 36.9. The minimum atomic E-state index is -3.64. The first-order chi connectivity index (χ1) is 22.8. The summed E-state index contributed by atoms with van der Waals surface area (Å²) in [6, 6.07) is 8.65. The van der Waals surface area contributed by atoms with Crippen molar-refractivity contribution in [2.75, 3.05) is 0 Å². The van der Waals surface area contributed by atoms with Crippen molar-refractivity contribution >= 4 is 11.7 Å². The summed E-state index contributed by atoms with van der Waals surface area (Å²) in [5.74, 6) is -2.28. The predicted molar refractivity (Wildman–Crippen MR) is 173 cm³/mol. The van der Waals surface area contributed by atoms with Crippen LogP contribution in [-0.2, 0) is 19.1 Å². The molecule has 7 rings (SSSR count). The lowest BCUT2D eigenvalue weighted by molar-refractivity contribution is -0.296. The Labute approximate surface area is 280 Å². The SMILES string of the molecule is C#CC(F)(F)[C@]1(O)CC[C@H]2[C@@H]3CCC4=C/C(=N/OC5O[C@@H](C)[C@@H](O)[C@@H](O)[C@@H]5OC(C)=O)CCC4=C3[C@@H](c3ccc(C4CC4)cc3)C[C@@]21C. The van der Waals surface area contributed by atoms with Crippen LogP contribution in [0.25, 0.3) is 0 Å². The Balaban J connectivity index is 1.23. The molecule has 48 heavy (non-hydrogen) atoms. The number of allylic oxidation sites excluding steroid dienone is 4. The number of fused-ring (bicyclic) bond motifs is 4. The van der Waals surface area contributed by atoms with Crippen molar-refractivity contribution in [2.24, 2.45) is 22.4 Å². The van der Waals surface area contributed by atoms with E-state index in [2.05, 4.69) is 29.4 Å². The van der Waals surface area contributed by atoms with Crippen LogP contribution < -0.4 is 0 Å². The summed E-state index contributed by atoms with van der Waals surface area (Å²) in [6.45, 7) is 4.63. The maximum absolute atomic E-state index is 15.4. The Morgan fingerprint density at radius 3 is 2.46 bits per heavy atom. The highest BCUT2D eigenvalue weighted by molar-refractivity contribution is 5.97. The summed E-state index contributed by atoms with van der Waals surface area (Å²) < 4.78 is 41.8. The average molecular weight is 666 g/mol. The minimum absolute atomic E-state index is 0.0312. The van der Waals surface area contributed by atoms with Crippen molar-refractivity contribution in [1.82, 2.24) is 0 Å². The molecule has 1 heterocycles. The number of hydrogen-bond donors (Lipinski definition) is 3. The Hall–Kier alpha value is -3.10. The fourth-order valence-electron chi connectivity index (χ4n) is 9.62. The summed E-state index contributed by atoms with van der Waals surface area (Å²) in [7, 11) is 0. The van der Waals surface area contributed by atoms with Gasteiger partial charge in [-0.1, -0.05) is 41.9 Å². The van der Waals surface area contributed by atoms with Gasteiger partial charge in [0, 0.05) is 18.3 Å². The first kappa shape index (κ1) is 33.4. The fourth-order valence-corrected chi connectivity index (χ4v) is 9.62. The van der Waals surface area contributed by atoms with Crippen molar-refractivity contribution in [3.8, 4) is 12.3 Å². The molecule has 10 heteroatoms. The Morgan fingerprint density at radius 1 is 1.08 bits per heavy atom. The largest absolute Gasteiger partial charge is 0.453 e. The van der Waals surface area contributed by atoms with Crippen LogP contribution in [0.5, 0.6) is 0 Å². The summed E-state index contributed by atoms with van der Waals surface area (Å²) in [5.41, 5.74) is 3.36. The molecule has 1 aliphatic heterocycles. The number of benzene rings is 1. The van der Waals surface area contributed by atoms with Gasteiger partial charge in [0.15, 0.2) is 6.10 Å².